The molecular weight excluding hydrogens is 421 g/mol. The maximum Gasteiger partial charge on any atom is 0.423 e. The molecule has 4 rings (SSSR count). The van der Waals surface area contributed by atoms with E-state index >= 15 is 0 Å². The van der Waals surface area contributed by atoms with E-state index in [0.717, 1.165) is 35.0 Å². The van der Waals surface area contributed by atoms with Crippen LogP contribution in [-0.2, 0) is 12.1 Å². The number of pyridine rings is 1. The second-order valence-corrected chi connectivity index (χ2v) is 7.67. The molecule has 3 heterocycles. The van der Waals surface area contributed by atoms with Gasteiger partial charge in [0.15, 0.2) is 0 Å². The standard InChI is InChI=1S/C22H19F3N6O/c1-3-21(32,22(23,24)25)20-12-31(30-29-20)11-14-5-6-16-17(18-7-4-13(2)27-18)9-15(10-26)28-19(16)8-14/h5-9,12,32H,3-4,11H2,1-2H3. The summed E-state index contributed by atoms with van der Waals surface area (Å²) in [5, 5.41) is 27.6. The summed E-state index contributed by atoms with van der Waals surface area (Å²) in [5.74, 6) is 0. The van der Waals surface area contributed by atoms with Gasteiger partial charge >= 0.3 is 6.18 Å². The lowest BCUT2D eigenvalue weighted by atomic mass is 9.96. The molecule has 2 aromatic heterocycles. The molecule has 0 fully saturated rings. The van der Waals surface area contributed by atoms with E-state index in [1.165, 1.54) is 11.6 Å². The summed E-state index contributed by atoms with van der Waals surface area (Å²) in [6.07, 6.45) is -1.62. The van der Waals surface area contributed by atoms with E-state index in [-0.39, 0.29) is 12.2 Å². The number of benzene rings is 1. The van der Waals surface area contributed by atoms with Crippen LogP contribution in [0.3, 0.4) is 0 Å². The quantitative estimate of drug-likeness (QED) is 0.644. The van der Waals surface area contributed by atoms with Crippen LogP contribution >= 0.6 is 0 Å². The first-order chi connectivity index (χ1) is 15.1. The zero-order valence-electron chi connectivity index (χ0n) is 17.3. The molecule has 0 saturated carbocycles. The molecule has 10 heteroatoms. The Labute approximate surface area is 181 Å². The van der Waals surface area contributed by atoms with Crippen molar-refractivity contribution in [3.05, 3.63) is 59.1 Å². The van der Waals surface area contributed by atoms with Gasteiger partial charge in [-0.05, 0) is 31.0 Å². The Morgan fingerprint density at radius 2 is 2.03 bits per heavy atom. The fourth-order valence-electron chi connectivity index (χ4n) is 3.63. The Morgan fingerprint density at radius 3 is 2.66 bits per heavy atom. The van der Waals surface area contributed by atoms with Gasteiger partial charge in [0.05, 0.1) is 24.0 Å². The number of rotatable bonds is 5. The van der Waals surface area contributed by atoms with Gasteiger partial charge in [-0.25, -0.2) is 9.67 Å². The highest BCUT2D eigenvalue weighted by Gasteiger charge is 2.55. The topological polar surface area (TPSA) is 100.0 Å². The summed E-state index contributed by atoms with van der Waals surface area (Å²) in [5.41, 5.74) is 0.469. The van der Waals surface area contributed by atoms with Crippen LogP contribution in [0.4, 0.5) is 13.2 Å². The van der Waals surface area contributed by atoms with Crippen molar-refractivity contribution in [1.29, 1.82) is 5.26 Å². The van der Waals surface area contributed by atoms with Crippen LogP contribution in [0.2, 0.25) is 0 Å². The fourth-order valence-corrected chi connectivity index (χ4v) is 3.63. The number of fused-ring (bicyclic) bond motifs is 1. The third kappa shape index (κ3) is 3.76. The molecule has 32 heavy (non-hydrogen) atoms. The predicted molar refractivity (Wildman–Crippen MR) is 112 cm³/mol. The molecule has 0 amide bonds. The van der Waals surface area contributed by atoms with Crippen LogP contribution in [0.1, 0.15) is 49.2 Å². The molecular formula is C22H19F3N6O. The van der Waals surface area contributed by atoms with E-state index in [2.05, 4.69) is 26.4 Å². The zero-order valence-corrected chi connectivity index (χ0v) is 17.3. The minimum Gasteiger partial charge on any atom is -0.375 e. The van der Waals surface area contributed by atoms with Crippen LogP contribution in [0.15, 0.2) is 41.5 Å². The van der Waals surface area contributed by atoms with E-state index in [9.17, 15) is 23.5 Å². The van der Waals surface area contributed by atoms with Crippen molar-refractivity contribution in [2.75, 3.05) is 0 Å². The van der Waals surface area contributed by atoms with Crippen molar-refractivity contribution >= 4 is 22.3 Å². The number of nitriles is 1. The van der Waals surface area contributed by atoms with Crippen molar-refractivity contribution < 1.29 is 18.3 Å². The maximum atomic E-state index is 13.3. The van der Waals surface area contributed by atoms with Crippen LogP contribution in [0.25, 0.3) is 16.6 Å². The summed E-state index contributed by atoms with van der Waals surface area (Å²) < 4.78 is 41.1. The van der Waals surface area contributed by atoms with Crippen molar-refractivity contribution in [1.82, 2.24) is 20.0 Å². The average Bonchev–Trinajstić information content (AvgIpc) is 3.40. The van der Waals surface area contributed by atoms with Gasteiger partial charge < -0.3 is 5.11 Å². The van der Waals surface area contributed by atoms with Gasteiger partial charge in [-0.3, -0.25) is 4.99 Å². The number of aromatic nitrogens is 4. The average molecular weight is 440 g/mol. The summed E-state index contributed by atoms with van der Waals surface area (Å²) in [4.78, 5) is 8.90. The number of aliphatic hydroxyl groups is 1. The second kappa shape index (κ2) is 7.84. The smallest absolute Gasteiger partial charge is 0.375 e. The first-order valence-electron chi connectivity index (χ1n) is 9.93. The van der Waals surface area contributed by atoms with Gasteiger partial charge in [0.25, 0.3) is 0 Å². The molecule has 1 atom stereocenters. The van der Waals surface area contributed by atoms with E-state index in [1.54, 1.807) is 12.1 Å². The Bertz CT molecular complexity index is 1300. The van der Waals surface area contributed by atoms with Crippen molar-refractivity contribution in [3.63, 3.8) is 0 Å². The zero-order chi connectivity index (χ0) is 23.1. The van der Waals surface area contributed by atoms with E-state index < -0.39 is 23.9 Å². The Hall–Kier alpha value is -3.58. The monoisotopic (exact) mass is 440 g/mol. The Balaban J connectivity index is 1.69. The molecule has 0 spiro atoms. The molecule has 1 unspecified atom stereocenters. The van der Waals surface area contributed by atoms with E-state index in [0.29, 0.717) is 11.1 Å². The third-order valence-corrected chi connectivity index (χ3v) is 5.45. The summed E-state index contributed by atoms with van der Waals surface area (Å²) in [6.45, 7) is 3.28. The van der Waals surface area contributed by atoms with Crippen LogP contribution in [0, 0.1) is 11.3 Å². The van der Waals surface area contributed by atoms with Gasteiger partial charge in [-0.1, -0.05) is 30.3 Å². The summed E-state index contributed by atoms with van der Waals surface area (Å²) in [6, 6.07) is 9.15. The molecule has 0 saturated heterocycles. The number of nitrogens with zero attached hydrogens (tertiary/aromatic N) is 6. The Morgan fingerprint density at radius 1 is 1.25 bits per heavy atom. The molecule has 3 aromatic rings. The molecule has 1 aliphatic rings. The minimum atomic E-state index is -4.87. The molecule has 164 valence electrons. The minimum absolute atomic E-state index is 0.119. The summed E-state index contributed by atoms with van der Waals surface area (Å²) >= 11 is 0. The van der Waals surface area contributed by atoms with Gasteiger partial charge in [0.2, 0.25) is 5.60 Å². The molecule has 0 radical (unpaired) electrons. The van der Waals surface area contributed by atoms with Crippen molar-refractivity contribution in [2.45, 2.75) is 45.0 Å². The lowest BCUT2D eigenvalue weighted by Gasteiger charge is -2.26. The molecule has 7 nitrogen and oxygen atoms in total. The normalized spacial score (nSPS) is 15.9. The van der Waals surface area contributed by atoms with E-state index in [1.807, 2.05) is 25.1 Å². The first kappa shape index (κ1) is 21.6. The van der Waals surface area contributed by atoms with Gasteiger partial charge in [0, 0.05) is 23.1 Å². The predicted octanol–water partition coefficient (Wildman–Crippen LogP) is 4.11. The van der Waals surface area contributed by atoms with Crippen molar-refractivity contribution in [3.8, 4) is 6.07 Å². The first-order valence-corrected chi connectivity index (χ1v) is 9.93. The van der Waals surface area contributed by atoms with Gasteiger partial charge in [-0.15, -0.1) is 5.10 Å². The number of halogens is 3. The highest BCUT2D eigenvalue weighted by Crippen LogP contribution is 2.40. The molecule has 1 N–H and O–H groups in total. The number of hydrogen-bond acceptors (Lipinski definition) is 6. The fraction of sp³-hybridized carbons (Fsp3) is 0.318. The largest absolute Gasteiger partial charge is 0.423 e. The van der Waals surface area contributed by atoms with Crippen LogP contribution < -0.4 is 0 Å². The van der Waals surface area contributed by atoms with E-state index in [4.69, 9.17) is 0 Å². The number of alkyl halides is 3. The van der Waals surface area contributed by atoms with Gasteiger partial charge in [0.1, 0.15) is 17.5 Å². The van der Waals surface area contributed by atoms with Crippen LogP contribution in [-0.4, -0.2) is 37.0 Å². The third-order valence-electron chi connectivity index (χ3n) is 5.45. The molecule has 0 aliphatic carbocycles. The highest BCUT2D eigenvalue weighted by atomic mass is 19.4. The highest BCUT2D eigenvalue weighted by molar-refractivity contribution is 5.99. The van der Waals surface area contributed by atoms with Crippen LogP contribution in [0.5, 0.6) is 0 Å². The molecule has 1 aliphatic heterocycles. The number of hydrogen-bond donors (Lipinski definition) is 1. The number of aliphatic imine (C=N–C) groups is 1. The number of allylic oxidation sites excluding steroid dienone is 1. The van der Waals surface area contributed by atoms with Gasteiger partial charge in [-0.2, -0.15) is 18.4 Å². The second-order valence-electron chi connectivity index (χ2n) is 7.67. The molecule has 1 aromatic carbocycles. The molecule has 0 bridgehead atoms. The van der Waals surface area contributed by atoms with Crippen molar-refractivity contribution in [2.24, 2.45) is 4.99 Å². The summed E-state index contributed by atoms with van der Waals surface area (Å²) in [7, 11) is 0. The lowest BCUT2D eigenvalue weighted by Crippen LogP contribution is -2.42. The SMILES string of the molecule is CCC(O)(c1cn(Cc2ccc3c(C4=CCC(C)=N4)cc(C#N)nc3c2)nn1)C(F)(F)F. The maximum absolute atomic E-state index is 13.3. The lowest BCUT2D eigenvalue weighted by molar-refractivity contribution is -0.269. The Kier molecular flexibility index (Phi) is 5.30.